The van der Waals surface area contributed by atoms with E-state index in [1.165, 1.54) is 11.8 Å². The number of amides is 2. The highest BCUT2D eigenvalue weighted by Crippen LogP contribution is 2.25. The van der Waals surface area contributed by atoms with Gasteiger partial charge in [0.2, 0.25) is 0 Å². The summed E-state index contributed by atoms with van der Waals surface area (Å²) in [4.78, 5) is 31.9. The number of aromatic amines is 1. The molecule has 0 aliphatic heterocycles. The van der Waals surface area contributed by atoms with E-state index in [9.17, 15) is 9.59 Å². The van der Waals surface area contributed by atoms with Crippen LogP contribution in [0.4, 0.5) is 0 Å². The van der Waals surface area contributed by atoms with E-state index in [1.807, 2.05) is 30.3 Å². The summed E-state index contributed by atoms with van der Waals surface area (Å²) in [5.74, 6) is -0.824. The lowest BCUT2D eigenvalue weighted by Crippen LogP contribution is -2.41. The van der Waals surface area contributed by atoms with Crippen LogP contribution in [0, 0.1) is 0 Å². The number of carbonyl (C=O) groups excluding carboxylic acids is 2. The molecule has 3 aromatic rings. The van der Waals surface area contributed by atoms with Gasteiger partial charge in [-0.3, -0.25) is 20.4 Å². The molecular formula is C17H13BrN4O2S. The Morgan fingerprint density at radius 1 is 1.04 bits per heavy atom. The lowest BCUT2D eigenvalue weighted by atomic mass is 10.2. The summed E-state index contributed by atoms with van der Waals surface area (Å²) >= 11 is 4.75. The molecule has 0 saturated heterocycles. The van der Waals surface area contributed by atoms with E-state index < -0.39 is 11.8 Å². The predicted octanol–water partition coefficient (Wildman–Crippen LogP) is 3.40. The Balaban J connectivity index is 1.56. The zero-order valence-corrected chi connectivity index (χ0v) is 15.2. The SMILES string of the molecule is O=C(NNC(=O)c1cc(Br)c[nH]1)c1ccc(Sc2ccccn2)cc1. The molecule has 0 aliphatic rings. The van der Waals surface area contributed by atoms with Crippen LogP contribution in [0.25, 0.3) is 0 Å². The van der Waals surface area contributed by atoms with Crippen LogP contribution in [0.2, 0.25) is 0 Å². The van der Waals surface area contributed by atoms with Gasteiger partial charge in [0, 0.05) is 27.3 Å². The average Bonchev–Trinajstić information content (AvgIpc) is 3.07. The van der Waals surface area contributed by atoms with Gasteiger partial charge < -0.3 is 4.98 Å². The quantitative estimate of drug-likeness (QED) is 0.568. The molecular weight excluding hydrogens is 404 g/mol. The Hall–Kier alpha value is -2.58. The summed E-state index contributed by atoms with van der Waals surface area (Å²) in [5.41, 5.74) is 5.53. The number of pyridine rings is 1. The molecule has 0 aliphatic carbocycles. The van der Waals surface area contributed by atoms with Gasteiger partial charge >= 0.3 is 0 Å². The van der Waals surface area contributed by atoms with E-state index in [0.717, 1.165) is 14.4 Å². The first kappa shape index (κ1) is 17.2. The van der Waals surface area contributed by atoms with E-state index in [4.69, 9.17) is 0 Å². The number of hydrogen-bond donors (Lipinski definition) is 3. The molecule has 6 nitrogen and oxygen atoms in total. The minimum absolute atomic E-state index is 0.342. The first-order valence-electron chi connectivity index (χ1n) is 7.25. The third-order valence-corrected chi connectivity index (χ3v) is 4.57. The smallest absolute Gasteiger partial charge is 0.286 e. The molecule has 0 fully saturated rings. The number of rotatable bonds is 4. The maximum atomic E-state index is 12.1. The number of nitrogens with one attached hydrogen (secondary N) is 3. The molecule has 0 bridgehead atoms. The molecule has 0 unspecified atom stereocenters. The number of aromatic nitrogens is 2. The maximum absolute atomic E-state index is 12.1. The van der Waals surface area contributed by atoms with Gasteiger partial charge in [-0.2, -0.15) is 0 Å². The second-order valence-electron chi connectivity index (χ2n) is 4.93. The van der Waals surface area contributed by atoms with Crippen LogP contribution in [-0.2, 0) is 0 Å². The molecule has 126 valence electrons. The van der Waals surface area contributed by atoms with Crippen molar-refractivity contribution < 1.29 is 9.59 Å². The topological polar surface area (TPSA) is 86.9 Å². The van der Waals surface area contributed by atoms with E-state index in [-0.39, 0.29) is 0 Å². The maximum Gasteiger partial charge on any atom is 0.286 e. The average molecular weight is 417 g/mol. The van der Waals surface area contributed by atoms with Gasteiger partial charge in [-0.15, -0.1) is 0 Å². The summed E-state index contributed by atoms with van der Waals surface area (Å²) < 4.78 is 0.755. The third-order valence-electron chi connectivity index (χ3n) is 3.16. The molecule has 2 heterocycles. The van der Waals surface area contributed by atoms with Gasteiger partial charge in [0.1, 0.15) is 10.7 Å². The lowest BCUT2D eigenvalue weighted by Gasteiger charge is -2.07. The molecule has 2 amide bonds. The van der Waals surface area contributed by atoms with E-state index in [2.05, 4.69) is 36.7 Å². The van der Waals surface area contributed by atoms with Gasteiger partial charge in [0.15, 0.2) is 0 Å². The summed E-state index contributed by atoms with van der Waals surface area (Å²) in [6.45, 7) is 0. The molecule has 3 rings (SSSR count). The molecule has 0 spiro atoms. The zero-order chi connectivity index (χ0) is 17.6. The predicted molar refractivity (Wildman–Crippen MR) is 98.2 cm³/mol. The highest BCUT2D eigenvalue weighted by molar-refractivity contribution is 9.10. The van der Waals surface area contributed by atoms with E-state index in [1.54, 1.807) is 30.6 Å². The van der Waals surface area contributed by atoms with Gasteiger partial charge in [-0.05, 0) is 58.4 Å². The fourth-order valence-electron chi connectivity index (χ4n) is 1.95. The van der Waals surface area contributed by atoms with Crippen LogP contribution in [-0.4, -0.2) is 21.8 Å². The van der Waals surface area contributed by atoms with Crippen molar-refractivity contribution in [2.45, 2.75) is 9.92 Å². The Labute approximate surface area is 156 Å². The number of hydrazine groups is 1. The normalized spacial score (nSPS) is 10.3. The molecule has 3 N–H and O–H groups in total. The number of nitrogens with zero attached hydrogens (tertiary/aromatic N) is 1. The van der Waals surface area contributed by atoms with E-state index in [0.29, 0.717) is 11.3 Å². The monoisotopic (exact) mass is 416 g/mol. The Kier molecular flexibility index (Phi) is 5.52. The second kappa shape index (κ2) is 8.00. The number of halogens is 1. The second-order valence-corrected chi connectivity index (χ2v) is 6.94. The van der Waals surface area contributed by atoms with E-state index >= 15 is 0 Å². The highest BCUT2D eigenvalue weighted by Gasteiger charge is 2.10. The Morgan fingerprint density at radius 3 is 2.44 bits per heavy atom. The van der Waals surface area contributed by atoms with Crippen LogP contribution < -0.4 is 10.9 Å². The minimum atomic E-state index is -0.429. The van der Waals surface area contributed by atoms with Crippen LogP contribution in [0.15, 0.2) is 75.3 Å². The number of H-pyrrole nitrogens is 1. The standard InChI is InChI=1S/C17H13BrN4O2S/c18-12-9-14(20-10-12)17(24)22-21-16(23)11-4-6-13(7-5-11)25-15-3-1-2-8-19-15/h1-10,20H,(H,21,23)(H,22,24). The molecule has 8 heteroatoms. The fourth-order valence-corrected chi connectivity index (χ4v) is 3.07. The summed E-state index contributed by atoms with van der Waals surface area (Å²) in [5, 5.41) is 0.879. The van der Waals surface area contributed by atoms with Crippen molar-refractivity contribution in [2.75, 3.05) is 0 Å². The molecule has 2 aromatic heterocycles. The van der Waals surface area contributed by atoms with Gasteiger partial charge in [0.25, 0.3) is 11.8 Å². The fraction of sp³-hybridized carbons (Fsp3) is 0. The van der Waals surface area contributed by atoms with Gasteiger partial charge in [-0.1, -0.05) is 17.8 Å². The van der Waals surface area contributed by atoms with Crippen LogP contribution in [0.3, 0.4) is 0 Å². The molecule has 1 aromatic carbocycles. The van der Waals surface area contributed by atoms with Crippen molar-refractivity contribution in [3.8, 4) is 0 Å². The van der Waals surface area contributed by atoms with Crippen LogP contribution in [0.1, 0.15) is 20.8 Å². The summed E-state index contributed by atoms with van der Waals surface area (Å²) in [6, 6.07) is 14.4. The van der Waals surface area contributed by atoms with Crippen LogP contribution in [0.5, 0.6) is 0 Å². The van der Waals surface area contributed by atoms with Crippen molar-refractivity contribution >= 4 is 39.5 Å². The number of benzene rings is 1. The zero-order valence-electron chi connectivity index (χ0n) is 12.8. The van der Waals surface area contributed by atoms with Crippen molar-refractivity contribution in [2.24, 2.45) is 0 Å². The van der Waals surface area contributed by atoms with Crippen LogP contribution >= 0.6 is 27.7 Å². The van der Waals surface area contributed by atoms with Crippen molar-refractivity contribution in [3.63, 3.8) is 0 Å². The Morgan fingerprint density at radius 2 is 1.80 bits per heavy atom. The van der Waals surface area contributed by atoms with Gasteiger partial charge in [0.05, 0.1) is 0 Å². The van der Waals surface area contributed by atoms with Crippen molar-refractivity contribution in [1.82, 2.24) is 20.8 Å². The van der Waals surface area contributed by atoms with Crippen molar-refractivity contribution in [1.29, 1.82) is 0 Å². The Bertz CT molecular complexity index is 881. The van der Waals surface area contributed by atoms with Gasteiger partial charge in [-0.25, -0.2) is 4.98 Å². The summed E-state index contributed by atoms with van der Waals surface area (Å²) in [6.07, 6.45) is 3.37. The molecule has 0 atom stereocenters. The minimum Gasteiger partial charge on any atom is -0.356 e. The largest absolute Gasteiger partial charge is 0.356 e. The molecule has 25 heavy (non-hydrogen) atoms. The highest BCUT2D eigenvalue weighted by atomic mass is 79.9. The lowest BCUT2D eigenvalue weighted by molar-refractivity contribution is 0.0844. The molecule has 0 saturated carbocycles. The first-order chi connectivity index (χ1) is 12.1. The number of hydrogen-bond acceptors (Lipinski definition) is 4. The third kappa shape index (κ3) is 4.71. The first-order valence-corrected chi connectivity index (χ1v) is 8.86. The molecule has 0 radical (unpaired) electrons. The summed E-state index contributed by atoms with van der Waals surface area (Å²) in [7, 11) is 0. The van der Waals surface area contributed by atoms with Crippen molar-refractivity contribution in [3.05, 3.63) is 76.7 Å². The number of carbonyl (C=O) groups is 2.